The van der Waals surface area contributed by atoms with Crippen molar-refractivity contribution in [3.63, 3.8) is 0 Å². The molecule has 1 aliphatic heterocycles. The topological polar surface area (TPSA) is 68.0 Å². The lowest BCUT2D eigenvalue weighted by atomic mass is 10.1. The number of rotatable bonds is 3. The summed E-state index contributed by atoms with van der Waals surface area (Å²) in [6, 6.07) is 7.92. The fourth-order valence-corrected chi connectivity index (χ4v) is 3.23. The minimum Gasteiger partial charge on any atom is -0.411 e. The third-order valence-electron chi connectivity index (χ3n) is 3.40. The van der Waals surface area contributed by atoms with Gasteiger partial charge in [0.1, 0.15) is 0 Å². The van der Waals surface area contributed by atoms with E-state index in [2.05, 4.69) is 15.5 Å². The number of carbonyl (C=O) groups is 1. The van der Waals surface area contributed by atoms with Crippen molar-refractivity contribution in [3.05, 3.63) is 29.8 Å². The van der Waals surface area contributed by atoms with Crippen LogP contribution in [0.15, 0.2) is 33.9 Å². The third-order valence-corrected chi connectivity index (χ3v) is 4.50. The lowest BCUT2D eigenvalue weighted by Crippen LogP contribution is -2.30. The van der Waals surface area contributed by atoms with Crippen molar-refractivity contribution in [1.82, 2.24) is 15.5 Å². The number of thioether (sulfide) groups is 1. The van der Waals surface area contributed by atoms with Gasteiger partial charge in [-0.2, -0.15) is 0 Å². The number of aromatic nitrogens is 2. The van der Waals surface area contributed by atoms with Gasteiger partial charge in [0, 0.05) is 12.1 Å². The second-order valence-corrected chi connectivity index (χ2v) is 6.29. The lowest BCUT2D eigenvalue weighted by Gasteiger charge is -2.08. The zero-order valence-corrected chi connectivity index (χ0v) is 12.7. The monoisotopic (exact) mass is 303 g/mol. The van der Waals surface area contributed by atoms with E-state index in [0.717, 1.165) is 36.9 Å². The number of nitrogens with one attached hydrogen (secondary N) is 1. The summed E-state index contributed by atoms with van der Waals surface area (Å²) in [5, 5.41) is 11.3. The van der Waals surface area contributed by atoms with Crippen molar-refractivity contribution in [2.24, 2.45) is 0 Å². The summed E-state index contributed by atoms with van der Waals surface area (Å²) in [6.07, 6.45) is 2.91. The summed E-state index contributed by atoms with van der Waals surface area (Å²) in [7, 11) is 0. The maximum Gasteiger partial charge on any atom is 0.277 e. The Hall–Kier alpha value is -1.82. The second-order valence-electron chi connectivity index (χ2n) is 5.14. The Balaban J connectivity index is 1.74. The molecule has 1 N–H and O–H groups in total. The van der Waals surface area contributed by atoms with Crippen LogP contribution in [-0.4, -0.2) is 27.9 Å². The molecule has 0 radical (unpaired) electrons. The number of nitrogens with zero attached hydrogens (tertiary/aromatic N) is 2. The third kappa shape index (κ3) is 3.44. The zero-order valence-electron chi connectivity index (χ0n) is 11.8. The van der Waals surface area contributed by atoms with E-state index >= 15 is 0 Å². The van der Waals surface area contributed by atoms with Gasteiger partial charge in [-0.15, -0.1) is 10.2 Å². The Morgan fingerprint density at radius 3 is 3.10 bits per heavy atom. The molecular weight excluding hydrogens is 286 g/mol. The van der Waals surface area contributed by atoms with Crippen molar-refractivity contribution in [2.75, 3.05) is 6.54 Å². The predicted molar refractivity (Wildman–Crippen MR) is 81.0 cm³/mol. The maximum atomic E-state index is 11.9. The number of hydrogen-bond donors (Lipinski definition) is 1. The smallest absolute Gasteiger partial charge is 0.277 e. The Morgan fingerprint density at radius 2 is 2.24 bits per heavy atom. The van der Waals surface area contributed by atoms with Gasteiger partial charge in [-0.25, -0.2) is 0 Å². The maximum absolute atomic E-state index is 11.9. The van der Waals surface area contributed by atoms with Gasteiger partial charge < -0.3 is 9.73 Å². The van der Waals surface area contributed by atoms with Crippen LogP contribution in [0.2, 0.25) is 0 Å². The summed E-state index contributed by atoms with van der Waals surface area (Å²) in [6.45, 7) is 2.78. The van der Waals surface area contributed by atoms with Gasteiger partial charge in [-0.1, -0.05) is 35.9 Å². The minimum absolute atomic E-state index is 0.0628. The van der Waals surface area contributed by atoms with Crippen LogP contribution in [-0.2, 0) is 4.79 Å². The van der Waals surface area contributed by atoms with Gasteiger partial charge in [0.15, 0.2) is 0 Å². The van der Waals surface area contributed by atoms with E-state index < -0.39 is 0 Å². The normalized spacial score (nSPS) is 19.1. The molecule has 21 heavy (non-hydrogen) atoms. The fourth-order valence-electron chi connectivity index (χ4n) is 2.30. The molecule has 2 aromatic rings. The first-order valence-corrected chi connectivity index (χ1v) is 7.95. The summed E-state index contributed by atoms with van der Waals surface area (Å²) in [5.74, 6) is 0.558. The highest BCUT2D eigenvalue weighted by Crippen LogP contribution is 2.29. The molecule has 0 spiro atoms. The van der Waals surface area contributed by atoms with Crippen LogP contribution >= 0.6 is 11.8 Å². The average Bonchev–Trinajstić information content (AvgIpc) is 2.85. The zero-order chi connectivity index (χ0) is 14.7. The van der Waals surface area contributed by atoms with Crippen molar-refractivity contribution >= 4 is 17.7 Å². The summed E-state index contributed by atoms with van der Waals surface area (Å²) < 4.78 is 5.68. The first-order valence-electron chi connectivity index (χ1n) is 7.07. The predicted octanol–water partition coefficient (Wildman–Crippen LogP) is 2.81. The van der Waals surface area contributed by atoms with E-state index in [-0.39, 0.29) is 11.2 Å². The van der Waals surface area contributed by atoms with Crippen molar-refractivity contribution in [3.8, 4) is 11.5 Å². The number of carbonyl (C=O) groups excluding carboxylic acids is 1. The molecule has 1 aliphatic rings. The van der Waals surface area contributed by atoms with Crippen molar-refractivity contribution < 1.29 is 9.21 Å². The molecule has 1 aromatic carbocycles. The molecule has 0 bridgehead atoms. The van der Waals surface area contributed by atoms with Crippen LogP contribution in [0.25, 0.3) is 11.5 Å². The summed E-state index contributed by atoms with van der Waals surface area (Å²) in [4.78, 5) is 11.9. The summed E-state index contributed by atoms with van der Waals surface area (Å²) >= 11 is 1.35. The number of benzene rings is 1. The van der Waals surface area contributed by atoms with E-state index in [4.69, 9.17) is 4.42 Å². The first-order chi connectivity index (χ1) is 10.2. The average molecular weight is 303 g/mol. The molecule has 1 aromatic heterocycles. The van der Waals surface area contributed by atoms with Crippen LogP contribution in [0.1, 0.15) is 24.8 Å². The molecule has 0 saturated carbocycles. The van der Waals surface area contributed by atoms with Crippen molar-refractivity contribution in [2.45, 2.75) is 36.7 Å². The Bertz CT molecular complexity index is 641. The molecule has 5 nitrogen and oxygen atoms in total. The van der Waals surface area contributed by atoms with E-state index in [1.165, 1.54) is 11.8 Å². The van der Waals surface area contributed by atoms with E-state index in [1.54, 1.807) is 0 Å². The van der Waals surface area contributed by atoms with Gasteiger partial charge in [-0.05, 0) is 31.9 Å². The fraction of sp³-hybridized carbons (Fsp3) is 0.400. The van der Waals surface area contributed by atoms with E-state index in [9.17, 15) is 4.79 Å². The second kappa shape index (κ2) is 6.30. The highest BCUT2D eigenvalue weighted by molar-refractivity contribution is 8.00. The van der Waals surface area contributed by atoms with Gasteiger partial charge in [-0.3, -0.25) is 4.79 Å². The standard InChI is InChI=1S/C15H17N3O2S/c1-10-5-4-6-11(9-10)14-17-18-15(20-14)21-12-7-2-3-8-16-13(12)19/h4-6,9,12H,2-3,7-8H2,1H3,(H,16,19). The quantitative estimate of drug-likeness (QED) is 0.944. The molecule has 0 aliphatic carbocycles. The van der Waals surface area contributed by atoms with E-state index in [0.29, 0.717) is 11.1 Å². The molecular formula is C15H17N3O2S. The molecule has 1 fully saturated rings. The van der Waals surface area contributed by atoms with Gasteiger partial charge in [0.2, 0.25) is 11.8 Å². The Kier molecular flexibility index (Phi) is 4.24. The highest BCUT2D eigenvalue weighted by atomic mass is 32.2. The minimum atomic E-state index is -0.140. The number of amides is 1. The van der Waals surface area contributed by atoms with Crippen molar-refractivity contribution in [1.29, 1.82) is 0 Å². The lowest BCUT2D eigenvalue weighted by molar-refractivity contribution is -0.120. The molecule has 1 saturated heterocycles. The van der Waals surface area contributed by atoms with Gasteiger partial charge in [0.05, 0.1) is 5.25 Å². The molecule has 1 unspecified atom stereocenters. The summed E-state index contributed by atoms with van der Waals surface area (Å²) in [5.41, 5.74) is 2.04. The Labute approximate surface area is 127 Å². The number of hydrogen-bond acceptors (Lipinski definition) is 5. The first kappa shape index (κ1) is 14.1. The van der Waals surface area contributed by atoms with Crippen LogP contribution in [0.3, 0.4) is 0 Å². The molecule has 110 valence electrons. The van der Waals surface area contributed by atoms with Crippen LogP contribution < -0.4 is 5.32 Å². The molecule has 6 heteroatoms. The molecule has 1 amide bonds. The highest BCUT2D eigenvalue weighted by Gasteiger charge is 2.24. The molecule has 3 rings (SSSR count). The largest absolute Gasteiger partial charge is 0.411 e. The van der Waals surface area contributed by atoms with Gasteiger partial charge in [0.25, 0.3) is 5.22 Å². The number of aryl methyl sites for hydroxylation is 1. The Morgan fingerprint density at radius 1 is 1.33 bits per heavy atom. The SMILES string of the molecule is Cc1cccc(-c2nnc(SC3CCCCNC3=O)o2)c1. The molecule has 1 atom stereocenters. The van der Waals surface area contributed by atoms with Gasteiger partial charge >= 0.3 is 0 Å². The molecule has 2 heterocycles. The van der Waals surface area contributed by atoms with Crippen LogP contribution in [0, 0.1) is 6.92 Å². The van der Waals surface area contributed by atoms with Crippen LogP contribution in [0.4, 0.5) is 0 Å². The van der Waals surface area contributed by atoms with Crippen LogP contribution in [0.5, 0.6) is 0 Å². The van der Waals surface area contributed by atoms with E-state index in [1.807, 2.05) is 31.2 Å².